The summed E-state index contributed by atoms with van der Waals surface area (Å²) in [6.45, 7) is 4.94. The van der Waals surface area contributed by atoms with Crippen LogP contribution in [-0.2, 0) is 9.59 Å². The van der Waals surface area contributed by atoms with E-state index in [1.54, 1.807) is 12.1 Å². The van der Waals surface area contributed by atoms with E-state index in [2.05, 4.69) is 4.90 Å². The van der Waals surface area contributed by atoms with Gasteiger partial charge < -0.3 is 14.7 Å². The highest BCUT2D eigenvalue weighted by atomic mass is 16.6. The van der Waals surface area contributed by atoms with Crippen LogP contribution in [0, 0.1) is 16.0 Å². The molecule has 2 aliphatic rings. The van der Waals surface area contributed by atoms with Gasteiger partial charge in [-0.2, -0.15) is 0 Å². The summed E-state index contributed by atoms with van der Waals surface area (Å²) in [5, 5.41) is 10.8. The largest absolute Gasteiger partial charge is 0.368 e. The topological polar surface area (TPSA) is 87.0 Å². The Kier molecular flexibility index (Phi) is 5.88. The Labute approximate surface area is 181 Å². The van der Waals surface area contributed by atoms with Crippen LogP contribution >= 0.6 is 0 Å². The number of carbonyl (C=O) groups excluding carboxylic acids is 2. The highest BCUT2D eigenvalue weighted by molar-refractivity contribution is 5.89. The van der Waals surface area contributed by atoms with Gasteiger partial charge in [0.1, 0.15) is 0 Å². The van der Waals surface area contributed by atoms with E-state index in [0.717, 1.165) is 11.3 Å². The summed E-state index contributed by atoms with van der Waals surface area (Å²) in [5.41, 5.74) is 2.05. The SMILES string of the molecule is C[C@H](c1ccccc1)N1C[C@H](C(=O)N2CCN(c3ccc([N+](=O)[O-])cc3)CC2)CC1=O. The van der Waals surface area contributed by atoms with Gasteiger partial charge in [0.05, 0.1) is 16.9 Å². The fourth-order valence-corrected chi connectivity index (χ4v) is 4.41. The number of nitrogens with zero attached hydrogens (tertiary/aromatic N) is 4. The molecule has 0 aliphatic carbocycles. The van der Waals surface area contributed by atoms with Crippen LogP contribution in [0.5, 0.6) is 0 Å². The van der Waals surface area contributed by atoms with Crippen molar-refractivity contribution in [2.45, 2.75) is 19.4 Å². The molecule has 0 aromatic heterocycles. The Hall–Kier alpha value is -3.42. The van der Waals surface area contributed by atoms with E-state index in [9.17, 15) is 19.7 Å². The van der Waals surface area contributed by atoms with E-state index < -0.39 is 4.92 Å². The molecule has 0 radical (unpaired) electrons. The van der Waals surface area contributed by atoms with E-state index in [4.69, 9.17) is 0 Å². The molecule has 31 heavy (non-hydrogen) atoms. The number of nitro benzene ring substituents is 1. The van der Waals surface area contributed by atoms with Gasteiger partial charge in [-0.15, -0.1) is 0 Å². The van der Waals surface area contributed by atoms with Crippen molar-refractivity contribution in [2.75, 3.05) is 37.6 Å². The molecule has 2 fully saturated rings. The van der Waals surface area contributed by atoms with Crippen LogP contribution in [0.2, 0.25) is 0 Å². The van der Waals surface area contributed by atoms with Gasteiger partial charge in [0.25, 0.3) is 5.69 Å². The Morgan fingerprint density at radius 2 is 1.68 bits per heavy atom. The van der Waals surface area contributed by atoms with E-state index in [0.29, 0.717) is 32.7 Å². The number of non-ortho nitro benzene ring substituents is 1. The van der Waals surface area contributed by atoms with Gasteiger partial charge in [0.15, 0.2) is 0 Å². The van der Waals surface area contributed by atoms with Crippen LogP contribution in [0.3, 0.4) is 0 Å². The summed E-state index contributed by atoms with van der Waals surface area (Å²) in [6, 6.07) is 16.3. The summed E-state index contributed by atoms with van der Waals surface area (Å²) in [4.78, 5) is 41.9. The number of piperazine rings is 1. The highest BCUT2D eigenvalue weighted by Gasteiger charge is 2.39. The maximum Gasteiger partial charge on any atom is 0.269 e. The zero-order chi connectivity index (χ0) is 22.0. The second kappa shape index (κ2) is 8.75. The maximum absolute atomic E-state index is 13.1. The number of benzene rings is 2. The first-order chi connectivity index (χ1) is 14.9. The molecule has 2 aromatic rings. The minimum atomic E-state index is -0.411. The molecule has 2 heterocycles. The average Bonchev–Trinajstić information content (AvgIpc) is 3.20. The first-order valence-corrected chi connectivity index (χ1v) is 10.6. The van der Waals surface area contributed by atoms with Crippen LogP contribution < -0.4 is 4.90 Å². The first-order valence-electron chi connectivity index (χ1n) is 10.6. The van der Waals surface area contributed by atoms with Crippen molar-refractivity contribution < 1.29 is 14.5 Å². The molecule has 2 saturated heterocycles. The molecule has 8 nitrogen and oxygen atoms in total. The lowest BCUT2D eigenvalue weighted by Crippen LogP contribution is -2.50. The zero-order valence-corrected chi connectivity index (χ0v) is 17.5. The molecule has 162 valence electrons. The van der Waals surface area contributed by atoms with Crippen LogP contribution in [0.15, 0.2) is 54.6 Å². The Bertz CT molecular complexity index is 955. The van der Waals surface area contributed by atoms with Crippen molar-refractivity contribution in [1.29, 1.82) is 0 Å². The van der Waals surface area contributed by atoms with Crippen molar-refractivity contribution in [3.05, 3.63) is 70.3 Å². The fourth-order valence-electron chi connectivity index (χ4n) is 4.41. The predicted molar refractivity (Wildman–Crippen MR) is 117 cm³/mol. The molecule has 2 aromatic carbocycles. The highest BCUT2D eigenvalue weighted by Crippen LogP contribution is 2.30. The standard InChI is InChI=1S/C23H26N4O4/c1-17(18-5-3-2-4-6-18)26-16-19(15-22(26)28)23(29)25-13-11-24(12-14-25)20-7-9-21(10-8-20)27(30)31/h2-10,17,19H,11-16H2,1H3/t17-,19-/m1/s1. The quantitative estimate of drug-likeness (QED) is 0.546. The molecule has 0 N–H and O–H groups in total. The summed E-state index contributed by atoms with van der Waals surface area (Å²) < 4.78 is 0. The first kappa shape index (κ1) is 20.8. The monoisotopic (exact) mass is 422 g/mol. The predicted octanol–water partition coefficient (Wildman–Crippen LogP) is 2.85. The molecule has 2 atom stereocenters. The summed E-state index contributed by atoms with van der Waals surface area (Å²) in [6.07, 6.45) is 0.262. The number of carbonyl (C=O) groups is 2. The number of likely N-dealkylation sites (tertiary alicyclic amines) is 1. The third kappa shape index (κ3) is 4.38. The lowest BCUT2D eigenvalue weighted by atomic mass is 10.1. The van der Waals surface area contributed by atoms with Gasteiger partial charge >= 0.3 is 0 Å². The minimum absolute atomic E-state index is 0.0271. The fraction of sp³-hybridized carbons (Fsp3) is 0.391. The van der Waals surface area contributed by atoms with E-state index >= 15 is 0 Å². The van der Waals surface area contributed by atoms with Gasteiger partial charge in [0, 0.05) is 57.0 Å². The lowest BCUT2D eigenvalue weighted by molar-refractivity contribution is -0.384. The molecule has 0 unspecified atom stereocenters. The van der Waals surface area contributed by atoms with Crippen molar-refractivity contribution in [2.24, 2.45) is 5.92 Å². The number of hydrogen-bond acceptors (Lipinski definition) is 5. The number of hydrogen-bond donors (Lipinski definition) is 0. The van der Waals surface area contributed by atoms with Crippen LogP contribution in [0.1, 0.15) is 24.9 Å². The summed E-state index contributed by atoms with van der Waals surface area (Å²) in [7, 11) is 0. The normalized spacial score (nSPS) is 20.1. The van der Waals surface area contributed by atoms with Crippen molar-refractivity contribution in [3.63, 3.8) is 0 Å². The molecular formula is C23H26N4O4. The van der Waals surface area contributed by atoms with E-state index in [1.807, 2.05) is 47.1 Å². The Morgan fingerprint density at radius 1 is 1.03 bits per heavy atom. The van der Waals surface area contributed by atoms with Gasteiger partial charge in [-0.05, 0) is 24.6 Å². The van der Waals surface area contributed by atoms with Gasteiger partial charge in [-0.25, -0.2) is 0 Å². The minimum Gasteiger partial charge on any atom is -0.368 e. The van der Waals surface area contributed by atoms with E-state index in [-0.39, 0.29) is 35.9 Å². The zero-order valence-electron chi connectivity index (χ0n) is 17.5. The summed E-state index contributed by atoms with van der Waals surface area (Å²) >= 11 is 0. The van der Waals surface area contributed by atoms with E-state index in [1.165, 1.54) is 12.1 Å². The van der Waals surface area contributed by atoms with Crippen molar-refractivity contribution >= 4 is 23.2 Å². The van der Waals surface area contributed by atoms with Crippen LogP contribution in [-0.4, -0.2) is 59.3 Å². The number of nitro groups is 1. The molecule has 0 saturated carbocycles. The van der Waals surface area contributed by atoms with Crippen LogP contribution in [0.25, 0.3) is 0 Å². The molecule has 0 spiro atoms. The second-order valence-electron chi connectivity index (χ2n) is 8.12. The number of rotatable bonds is 5. The number of anilines is 1. The Balaban J connectivity index is 1.33. The lowest BCUT2D eigenvalue weighted by Gasteiger charge is -2.37. The molecule has 2 aliphatic heterocycles. The maximum atomic E-state index is 13.1. The third-order valence-electron chi connectivity index (χ3n) is 6.27. The van der Waals surface area contributed by atoms with Crippen LogP contribution in [0.4, 0.5) is 11.4 Å². The van der Waals surface area contributed by atoms with Crippen molar-refractivity contribution in [1.82, 2.24) is 9.80 Å². The second-order valence-corrected chi connectivity index (χ2v) is 8.12. The van der Waals surface area contributed by atoms with Gasteiger partial charge in [0.2, 0.25) is 11.8 Å². The summed E-state index contributed by atoms with van der Waals surface area (Å²) in [5.74, 6) is -0.233. The smallest absolute Gasteiger partial charge is 0.269 e. The molecule has 2 amide bonds. The molecule has 8 heteroatoms. The van der Waals surface area contributed by atoms with Gasteiger partial charge in [-0.1, -0.05) is 30.3 Å². The molecule has 0 bridgehead atoms. The Morgan fingerprint density at radius 3 is 2.29 bits per heavy atom. The average molecular weight is 422 g/mol. The third-order valence-corrected chi connectivity index (χ3v) is 6.27. The molecule has 4 rings (SSSR count). The number of amides is 2. The van der Waals surface area contributed by atoms with Crippen molar-refractivity contribution in [3.8, 4) is 0 Å². The molecular weight excluding hydrogens is 396 g/mol. The van der Waals surface area contributed by atoms with Gasteiger partial charge in [-0.3, -0.25) is 19.7 Å².